The van der Waals surface area contributed by atoms with Crippen LogP contribution in [0.1, 0.15) is 142 Å². The highest BCUT2D eigenvalue weighted by atomic mass is 35.5. The molecular weight excluding hydrogens is 1930 g/mol. The second-order valence-corrected chi connectivity index (χ2v) is 36.9. The Labute approximate surface area is 811 Å². The van der Waals surface area contributed by atoms with Gasteiger partial charge in [0.2, 0.25) is 17.7 Å². The number of nitrogens with two attached hydrogens (primary N) is 3. The lowest BCUT2D eigenvalue weighted by molar-refractivity contribution is -0.129. The summed E-state index contributed by atoms with van der Waals surface area (Å²) in [4.78, 5) is 127. The van der Waals surface area contributed by atoms with Gasteiger partial charge in [-0.05, 0) is 131 Å². The zero-order valence-electron chi connectivity index (χ0n) is 75.4. The number of rotatable bonds is 17. The summed E-state index contributed by atoms with van der Waals surface area (Å²) in [6.07, 6.45) is 8.00. The number of pyridine rings is 9. The minimum atomic E-state index is -2.22. The number of amides is 3. The summed E-state index contributed by atoms with van der Waals surface area (Å²) in [6, 6.07) is 12.6. The number of nitrogen functional groups attached to an aromatic ring is 3. The number of benzene rings is 3. The first-order valence-corrected chi connectivity index (χ1v) is 45.1. The fourth-order valence-electron chi connectivity index (χ4n) is 18.2. The molecule has 12 heterocycles. The molecule has 3 aliphatic heterocycles. The molecule has 710 valence electrons. The standard InChI is InChI=1S/C96H80Cl6F9N21O6/c1-14-58(133)127-24-21-124(35-44(127)11)88-49-29-55(97)82(61-67(103)65(101)72(108)78(117)70(61)106)121-91(49)131(95(137)53(88)33-113)86-42(9)27-47(119-80(86)39(4)5)15-17-60(135)129-26-23-126(37-46(129)13)90-51-30-56(98)83(62-68(104)64(100)71(107)66(102)76(62)115)122-93(51)132(96(138)54(90)34-114)87-43(10)28-48(120-81(87)40(6)7)16-18-59(134)128-25-22-125(36-45(128)12)89-50-31-57(99)84(63-69(105)73(109)74(110)75(111)77(63)116)123-92(50)130(94(136)52(89)32-112)85-41(8)19-20-118-79(85)38(2)3/h14-20,27-31,38-40,44-46H,1,21-26,35-37,115-117H2,2-13H3/b17-15-,18-16-/t44-,45-,46-/m1/s1. The van der Waals surface area contributed by atoms with E-state index in [0.717, 1.165) is 19.8 Å². The Balaban J connectivity index is 0.758. The lowest BCUT2D eigenvalue weighted by Crippen LogP contribution is -2.54. The van der Waals surface area contributed by atoms with Gasteiger partial charge in [-0.3, -0.25) is 57.4 Å². The quantitative estimate of drug-likeness (QED) is 0.0250. The van der Waals surface area contributed by atoms with Crippen LogP contribution in [0, 0.1) is 107 Å². The van der Waals surface area contributed by atoms with Gasteiger partial charge < -0.3 is 46.6 Å². The van der Waals surface area contributed by atoms with Gasteiger partial charge in [-0.15, -0.1) is 0 Å². The van der Waals surface area contributed by atoms with E-state index in [1.165, 1.54) is 70.6 Å². The number of hydrogen-bond acceptors (Lipinski definition) is 21. The Bertz CT molecular complexity index is 7680. The Hall–Kier alpha value is -13.8. The van der Waals surface area contributed by atoms with Crippen LogP contribution < -0.4 is 48.6 Å². The maximum atomic E-state index is 16.7. The first-order valence-electron chi connectivity index (χ1n) is 42.9. The lowest BCUT2D eigenvalue weighted by atomic mass is 10.0. The number of aryl methyl sites for hydroxylation is 3. The third-order valence-corrected chi connectivity index (χ3v) is 26.7. The molecular formula is C96H80Cl6F9N21O6. The molecule has 3 aromatic carbocycles. The molecule has 3 fully saturated rings. The largest absolute Gasteiger partial charge is 0.397 e. The van der Waals surface area contributed by atoms with Crippen LogP contribution in [0.4, 0.5) is 73.6 Å². The lowest BCUT2D eigenvalue weighted by Gasteiger charge is -2.41. The van der Waals surface area contributed by atoms with Crippen LogP contribution in [0.2, 0.25) is 30.1 Å². The number of fused-ring (bicyclic) bond motifs is 3. The van der Waals surface area contributed by atoms with E-state index >= 15 is 49.5 Å². The van der Waals surface area contributed by atoms with E-state index in [2.05, 4.69) is 27.6 Å². The molecule has 15 rings (SSSR count). The molecule has 9 aromatic heterocycles. The van der Waals surface area contributed by atoms with Gasteiger partial charge in [0, 0.05) is 112 Å². The van der Waals surface area contributed by atoms with Crippen molar-refractivity contribution in [2.75, 3.05) is 90.8 Å². The van der Waals surface area contributed by atoms with Crippen molar-refractivity contribution in [2.24, 2.45) is 0 Å². The second-order valence-electron chi connectivity index (χ2n) is 34.5. The van der Waals surface area contributed by atoms with Crippen LogP contribution >= 0.6 is 69.6 Å². The van der Waals surface area contributed by atoms with Crippen molar-refractivity contribution in [2.45, 2.75) is 119 Å². The number of halogens is 15. The Kier molecular flexibility index (Phi) is 27.1. The summed E-state index contributed by atoms with van der Waals surface area (Å²) in [5, 5.41) is 29.2. The molecule has 0 radical (unpaired) electrons. The number of anilines is 6. The van der Waals surface area contributed by atoms with E-state index in [1.54, 1.807) is 109 Å². The van der Waals surface area contributed by atoms with Crippen LogP contribution in [0.5, 0.6) is 0 Å². The molecule has 138 heavy (non-hydrogen) atoms. The normalized spacial score (nSPS) is 15.5. The van der Waals surface area contributed by atoms with E-state index in [4.69, 9.17) is 102 Å². The summed E-state index contributed by atoms with van der Waals surface area (Å²) in [6.45, 7) is 24.0. The molecule has 0 saturated carbocycles. The van der Waals surface area contributed by atoms with E-state index < -0.39 is 203 Å². The number of carbonyl (C=O) groups excluding carboxylic acids is 3. The third kappa shape index (κ3) is 16.6. The second kappa shape index (κ2) is 37.9. The van der Waals surface area contributed by atoms with Crippen LogP contribution in [-0.4, -0.2) is 153 Å². The molecule has 0 unspecified atom stereocenters. The molecule has 42 heteroatoms. The van der Waals surface area contributed by atoms with Crippen molar-refractivity contribution in [3.8, 4) is 69.0 Å². The molecule has 12 aromatic rings. The van der Waals surface area contributed by atoms with Crippen molar-refractivity contribution >= 4 is 167 Å². The summed E-state index contributed by atoms with van der Waals surface area (Å²) >= 11 is 39.6. The van der Waals surface area contributed by atoms with E-state index in [-0.39, 0.29) is 166 Å². The van der Waals surface area contributed by atoms with Gasteiger partial charge in [0.25, 0.3) is 16.7 Å². The molecule has 27 nitrogen and oxygen atoms in total. The SMILES string of the molecule is C=CC(=O)N1CCN(c2c(C#N)c(=O)n(-c3c(C)cc(/C=C\C(=O)N4CCN(c5c(C#N)c(=O)n(-c6c(C)cc(/C=C\C(=O)N7CCN(c8c(C#N)c(=O)n(-c9c(C)ccnc9C(C)C)c9nc(-c%10c(N)c(F)c(F)c(F)c%10F)c(Cl)cc89)C[C@H]7C)nc6C(C)C)c6nc(-c7c(N)c(Cl)c(F)c(Cl)c7F)c(Cl)cc56)C[C@H]4C)nc3C(C)C)c3nc(-c4c(F)c(N)c(F)c(Cl)c4F)c(Cl)cc23)C[C@H]1C. The topological polar surface area (TPSA) is 363 Å². The Morgan fingerprint density at radius 1 is 0.420 bits per heavy atom. The maximum absolute atomic E-state index is 16.7. The Morgan fingerprint density at radius 2 is 0.768 bits per heavy atom. The van der Waals surface area contributed by atoms with E-state index in [0.29, 0.717) is 22.4 Å². The van der Waals surface area contributed by atoms with Gasteiger partial charge >= 0.3 is 0 Å². The van der Waals surface area contributed by atoms with Gasteiger partial charge in [0.1, 0.15) is 72.6 Å². The van der Waals surface area contributed by atoms with Gasteiger partial charge in [-0.1, -0.05) is 118 Å². The molecule has 0 aliphatic carbocycles. The van der Waals surface area contributed by atoms with Crippen LogP contribution in [0.3, 0.4) is 0 Å². The first kappa shape index (κ1) is 98.7. The monoisotopic (exact) mass is 2000 g/mol. The number of carbonyl (C=O) groups is 3. The van der Waals surface area contributed by atoms with Crippen molar-refractivity contribution in [1.29, 1.82) is 15.8 Å². The highest BCUT2D eigenvalue weighted by Gasteiger charge is 2.41. The zero-order chi connectivity index (χ0) is 100. The maximum Gasteiger partial charge on any atom is 0.276 e. The fraction of sp³-hybridized carbons (Fsp3) is 0.281. The van der Waals surface area contributed by atoms with Gasteiger partial charge in [-0.2, -0.15) is 15.8 Å². The number of nitriles is 3. The molecule has 0 bridgehead atoms. The zero-order valence-corrected chi connectivity index (χ0v) is 79.9. The van der Waals surface area contributed by atoms with E-state index in [1.807, 2.05) is 12.1 Å². The van der Waals surface area contributed by atoms with Crippen molar-refractivity contribution in [3.63, 3.8) is 0 Å². The number of piperazine rings is 3. The molecule has 3 atom stereocenters. The predicted molar refractivity (Wildman–Crippen MR) is 514 cm³/mol. The minimum Gasteiger partial charge on any atom is -0.397 e. The van der Waals surface area contributed by atoms with Crippen molar-refractivity contribution < 1.29 is 53.9 Å². The predicted octanol–water partition coefficient (Wildman–Crippen LogP) is 18.5. The van der Waals surface area contributed by atoms with Gasteiger partial charge in [0.05, 0.1) is 123 Å². The highest BCUT2D eigenvalue weighted by molar-refractivity contribution is 6.39. The smallest absolute Gasteiger partial charge is 0.276 e. The van der Waals surface area contributed by atoms with Crippen LogP contribution in [0.15, 0.2) is 81.8 Å². The number of nitrogens with zero attached hydrogens (tertiary/aromatic N) is 18. The third-order valence-electron chi connectivity index (χ3n) is 24.8. The van der Waals surface area contributed by atoms with Crippen molar-refractivity contribution in [3.05, 3.63) is 243 Å². The van der Waals surface area contributed by atoms with E-state index in [9.17, 15) is 34.6 Å². The van der Waals surface area contributed by atoms with Crippen LogP contribution in [-0.2, 0) is 14.4 Å². The summed E-state index contributed by atoms with van der Waals surface area (Å²) < 4.78 is 144. The molecule has 3 amide bonds. The van der Waals surface area contributed by atoms with Crippen molar-refractivity contribution in [1.82, 2.24) is 58.3 Å². The number of hydrogen-bond donors (Lipinski definition) is 3. The molecule has 6 N–H and O–H groups in total. The first-order chi connectivity index (χ1) is 65.3. The average Bonchev–Trinajstić information content (AvgIpc) is 0.725. The van der Waals surface area contributed by atoms with Gasteiger partial charge in [0.15, 0.2) is 52.4 Å². The summed E-state index contributed by atoms with van der Waals surface area (Å²) in [7, 11) is 0. The average molecular weight is 2010 g/mol. The minimum absolute atomic E-state index is 0.0109. The summed E-state index contributed by atoms with van der Waals surface area (Å²) in [5.41, 5.74) is 7.78. The molecule has 3 saturated heterocycles. The highest BCUT2D eigenvalue weighted by Crippen LogP contribution is 2.49. The molecule has 3 aliphatic rings. The van der Waals surface area contributed by atoms with Gasteiger partial charge in [-0.25, -0.2) is 54.5 Å². The summed E-state index contributed by atoms with van der Waals surface area (Å²) in [5.74, 6) is -19.0. The van der Waals surface area contributed by atoms with Crippen LogP contribution in [0.25, 0.3) is 96.1 Å². The fourth-order valence-corrected chi connectivity index (χ4v) is 19.6. The number of aromatic nitrogens is 9. The Morgan fingerprint density at radius 3 is 1.14 bits per heavy atom. The molecule has 0 spiro atoms.